The van der Waals surface area contributed by atoms with Gasteiger partial charge in [-0.1, -0.05) is 41.9 Å². The molecule has 0 aromatic heterocycles. The van der Waals surface area contributed by atoms with Crippen molar-refractivity contribution in [1.82, 2.24) is 0 Å². The van der Waals surface area contributed by atoms with E-state index in [0.717, 1.165) is 11.4 Å². The van der Waals surface area contributed by atoms with E-state index < -0.39 is 5.91 Å². The highest BCUT2D eigenvalue weighted by Crippen LogP contribution is 2.28. The Hall–Kier alpha value is -3.31. The number of carbonyl (C=O) groups is 2. The molecule has 0 saturated heterocycles. The van der Waals surface area contributed by atoms with Gasteiger partial charge in [0.1, 0.15) is 0 Å². The van der Waals surface area contributed by atoms with Gasteiger partial charge in [0.25, 0.3) is 5.91 Å². The van der Waals surface area contributed by atoms with Crippen LogP contribution in [0.15, 0.2) is 72.8 Å². The first-order valence-electron chi connectivity index (χ1n) is 8.26. The molecule has 0 spiro atoms. The van der Waals surface area contributed by atoms with E-state index in [1.54, 1.807) is 18.2 Å². The van der Waals surface area contributed by atoms with Crippen LogP contribution in [-0.4, -0.2) is 18.9 Å². The highest BCUT2D eigenvalue weighted by molar-refractivity contribution is 6.34. The minimum atomic E-state index is -0.618. The predicted molar refractivity (Wildman–Crippen MR) is 109 cm³/mol. The molecule has 3 rings (SSSR count). The molecule has 5 nitrogen and oxygen atoms in total. The summed E-state index contributed by atoms with van der Waals surface area (Å²) in [7, 11) is 1.90. The lowest BCUT2D eigenvalue weighted by molar-refractivity contribution is 0.0998. The smallest absolute Gasteiger partial charge is 0.257 e. The zero-order valence-corrected chi connectivity index (χ0v) is 15.4. The lowest BCUT2D eigenvalue weighted by Gasteiger charge is -2.22. The Balaban J connectivity index is 1.88. The zero-order valence-electron chi connectivity index (χ0n) is 14.6. The molecular formula is C21H18ClN3O2. The molecule has 0 bridgehead atoms. The lowest BCUT2D eigenvalue weighted by atomic mass is 10.1. The van der Waals surface area contributed by atoms with Gasteiger partial charge >= 0.3 is 0 Å². The number of benzene rings is 3. The zero-order chi connectivity index (χ0) is 19.4. The summed E-state index contributed by atoms with van der Waals surface area (Å²) >= 11 is 6.06. The SMILES string of the molecule is CN(c1ccccc1)c1ccccc1C(=O)Nc1ccc(C(N)=O)c(Cl)c1. The number of amides is 2. The fourth-order valence-electron chi connectivity index (χ4n) is 2.74. The van der Waals surface area contributed by atoms with Gasteiger partial charge in [-0.05, 0) is 42.5 Å². The van der Waals surface area contributed by atoms with Gasteiger partial charge in [0.05, 0.1) is 21.8 Å². The molecule has 0 aliphatic rings. The molecule has 0 unspecified atom stereocenters. The quantitative estimate of drug-likeness (QED) is 0.687. The highest BCUT2D eigenvalue weighted by atomic mass is 35.5. The summed E-state index contributed by atoms with van der Waals surface area (Å²) in [5.74, 6) is -0.899. The Morgan fingerprint density at radius 1 is 0.926 bits per heavy atom. The molecule has 0 aliphatic heterocycles. The molecule has 0 aliphatic carbocycles. The Morgan fingerprint density at radius 2 is 1.59 bits per heavy atom. The third-order valence-electron chi connectivity index (χ3n) is 4.15. The number of rotatable bonds is 5. The van der Waals surface area contributed by atoms with E-state index in [2.05, 4.69) is 5.32 Å². The van der Waals surface area contributed by atoms with Crippen LogP contribution in [0.25, 0.3) is 0 Å². The van der Waals surface area contributed by atoms with Crippen molar-refractivity contribution in [2.24, 2.45) is 5.73 Å². The van der Waals surface area contributed by atoms with Gasteiger partial charge in [0.15, 0.2) is 0 Å². The van der Waals surface area contributed by atoms with E-state index in [4.69, 9.17) is 17.3 Å². The van der Waals surface area contributed by atoms with Crippen LogP contribution < -0.4 is 16.0 Å². The number of primary amides is 1. The maximum atomic E-state index is 12.8. The molecule has 0 atom stereocenters. The van der Waals surface area contributed by atoms with Crippen molar-refractivity contribution in [2.75, 3.05) is 17.3 Å². The van der Waals surface area contributed by atoms with Crippen LogP contribution in [0.5, 0.6) is 0 Å². The number of nitrogens with zero attached hydrogens (tertiary/aromatic N) is 1. The maximum absolute atomic E-state index is 12.8. The van der Waals surface area contributed by atoms with Gasteiger partial charge in [-0.25, -0.2) is 0 Å². The van der Waals surface area contributed by atoms with Gasteiger partial charge in [-0.2, -0.15) is 0 Å². The molecule has 6 heteroatoms. The Bertz CT molecular complexity index is 990. The molecule has 0 heterocycles. The van der Waals surface area contributed by atoms with E-state index in [9.17, 15) is 9.59 Å². The van der Waals surface area contributed by atoms with Crippen molar-refractivity contribution >= 4 is 40.5 Å². The van der Waals surface area contributed by atoms with E-state index in [1.807, 2.05) is 54.4 Å². The summed E-state index contributed by atoms with van der Waals surface area (Å²) in [6, 6.07) is 21.7. The van der Waals surface area contributed by atoms with Crippen molar-refractivity contribution in [1.29, 1.82) is 0 Å². The van der Waals surface area contributed by atoms with Crippen LogP contribution in [0.3, 0.4) is 0 Å². The average Bonchev–Trinajstić information content (AvgIpc) is 2.68. The fraction of sp³-hybridized carbons (Fsp3) is 0.0476. The predicted octanol–water partition coefficient (Wildman–Crippen LogP) is 4.46. The van der Waals surface area contributed by atoms with Crippen LogP contribution in [0.2, 0.25) is 5.02 Å². The van der Waals surface area contributed by atoms with Crippen LogP contribution in [0, 0.1) is 0 Å². The van der Waals surface area contributed by atoms with Gasteiger partial charge in [-0.3, -0.25) is 9.59 Å². The third kappa shape index (κ3) is 4.10. The summed E-state index contributed by atoms with van der Waals surface area (Å²) < 4.78 is 0. The lowest BCUT2D eigenvalue weighted by Crippen LogP contribution is -2.18. The first kappa shape index (κ1) is 18.5. The number of hydrogen-bond donors (Lipinski definition) is 2. The second kappa shape index (κ2) is 7.93. The van der Waals surface area contributed by atoms with Gasteiger partial charge in [0, 0.05) is 18.4 Å². The molecule has 2 amide bonds. The Morgan fingerprint density at radius 3 is 2.26 bits per heavy atom. The van der Waals surface area contributed by atoms with E-state index in [0.29, 0.717) is 11.3 Å². The fourth-order valence-corrected chi connectivity index (χ4v) is 3.01. The summed E-state index contributed by atoms with van der Waals surface area (Å²) in [5.41, 5.74) is 8.18. The van der Waals surface area contributed by atoms with Crippen LogP contribution in [0.4, 0.5) is 17.1 Å². The second-order valence-corrected chi connectivity index (χ2v) is 6.33. The molecular weight excluding hydrogens is 362 g/mol. The number of carbonyl (C=O) groups excluding carboxylic acids is 2. The van der Waals surface area contributed by atoms with Crippen molar-refractivity contribution in [3.63, 3.8) is 0 Å². The molecule has 27 heavy (non-hydrogen) atoms. The van der Waals surface area contributed by atoms with Crippen molar-refractivity contribution < 1.29 is 9.59 Å². The summed E-state index contributed by atoms with van der Waals surface area (Å²) in [4.78, 5) is 26.0. The molecule has 0 saturated carbocycles. The molecule has 0 radical (unpaired) electrons. The van der Waals surface area contributed by atoms with E-state index in [-0.39, 0.29) is 16.5 Å². The monoisotopic (exact) mass is 379 g/mol. The van der Waals surface area contributed by atoms with Crippen molar-refractivity contribution in [2.45, 2.75) is 0 Å². The molecule has 136 valence electrons. The Kier molecular flexibility index (Phi) is 5.43. The highest BCUT2D eigenvalue weighted by Gasteiger charge is 2.16. The van der Waals surface area contributed by atoms with Gasteiger partial charge in [0.2, 0.25) is 5.91 Å². The molecule has 3 aromatic rings. The molecule has 3 aromatic carbocycles. The molecule has 3 N–H and O–H groups in total. The normalized spacial score (nSPS) is 10.3. The third-order valence-corrected chi connectivity index (χ3v) is 4.46. The largest absolute Gasteiger partial charge is 0.366 e. The topological polar surface area (TPSA) is 75.4 Å². The van der Waals surface area contributed by atoms with Gasteiger partial charge in [-0.15, -0.1) is 0 Å². The Labute approximate surface area is 162 Å². The van der Waals surface area contributed by atoms with Crippen molar-refractivity contribution in [3.05, 3.63) is 88.9 Å². The number of para-hydroxylation sites is 2. The van der Waals surface area contributed by atoms with Crippen LogP contribution >= 0.6 is 11.6 Å². The molecule has 0 fully saturated rings. The van der Waals surface area contributed by atoms with Crippen LogP contribution in [0.1, 0.15) is 20.7 Å². The van der Waals surface area contributed by atoms with Crippen molar-refractivity contribution in [3.8, 4) is 0 Å². The minimum absolute atomic E-state index is 0.190. The van der Waals surface area contributed by atoms with Crippen LogP contribution in [-0.2, 0) is 0 Å². The number of hydrogen-bond acceptors (Lipinski definition) is 3. The van der Waals surface area contributed by atoms with E-state index in [1.165, 1.54) is 12.1 Å². The standard InChI is InChI=1S/C21H18ClN3O2/c1-25(15-7-3-2-4-8-15)19-10-6-5-9-17(19)21(27)24-14-11-12-16(20(23)26)18(22)13-14/h2-13H,1H3,(H2,23,26)(H,24,27). The summed E-state index contributed by atoms with van der Waals surface area (Å²) in [6.07, 6.45) is 0. The first-order valence-corrected chi connectivity index (χ1v) is 8.63. The second-order valence-electron chi connectivity index (χ2n) is 5.92. The minimum Gasteiger partial charge on any atom is -0.366 e. The van der Waals surface area contributed by atoms with E-state index >= 15 is 0 Å². The number of nitrogens with one attached hydrogen (secondary N) is 1. The van der Waals surface area contributed by atoms with Gasteiger partial charge < -0.3 is 16.0 Å². The number of halogens is 1. The number of anilines is 3. The number of nitrogens with two attached hydrogens (primary N) is 1. The maximum Gasteiger partial charge on any atom is 0.257 e. The first-order chi connectivity index (χ1) is 13.0. The average molecular weight is 380 g/mol. The summed E-state index contributed by atoms with van der Waals surface area (Å²) in [5, 5.41) is 3.00. The summed E-state index contributed by atoms with van der Waals surface area (Å²) in [6.45, 7) is 0.